The summed E-state index contributed by atoms with van der Waals surface area (Å²) in [6.07, 6.45) is 6.01. The predicted molar refractivity (Wildman–Crippen MR) is 62.8 cm³/mol. The van der Waals surface area contributed by atoms with Gasteiger partial charge < -0.3 is 5.32 Å². The van der Waals surface area contributed by atoms with E-state index in [4.69, 9.17) is 0 Å². The lowest BCUT2D eigenvalue weighted by atomic mass is 10.1. The van der Waals surface area contributed by atoms with Crippen LogP contribution in [-0.4, -0.2) is 22.1 Å². The van der Waals surface area contributed by atoms with E-state index < -0.39 is 0 Å². The third-order valence-corrected chi connectivity index (χ3v) is 3.25. The molecular weight excluding hydrogens is 202 g/mol. The fourth-order valence-electron chi connectivity index (χ4n) is 2.39. The van der Waals surface area contributed by atoms with E-state index in [1.54, 1.807) is 4.40 Å². The number of fused-ring (bicyclic) bond motifs is 1. The molecule has 0 radical (unpaired) electrons. The molecule has 16 heavy (non-hydrogen) atoms. The number of hydrogen-bond acceptors (Lipinski definition) is 2. The molecule has 1 atom stereocenters. The van der Waals surface area contributed by atoms with Gasteiger partial charge in [-0.15, -0.1) is 0 Å². The summed E-state index contributed by atoms with van der Waals surface area (Å²) in [6.45, 7) is 1.97. The number of nitrogens with one attached hydrogen (secondary N) is 1. The van der Waals surface area contributed by atoms with Gasteiger partial charge in [-0.3, -0.25) is 8.97 Å². The second-order valence-corrected chi connectivity index (χ2v) is 4.31. The second kappa shape index (κ2) is 3.79. The Kier molecular flexibility index (Phi) is 2.29. The first-order valence-corrected chi connectivity index (χ1v) is 5.75. The molecular formula is C12H15N3O. The van der Waals surface area contributed by atoms with Crippen LogP contribution in [0.3, 0.4) is 0 Å². The summed E-state index contributed by atoms with van der Waals surface area (Å²) in [6, 6.07) is 6.12. The molecule has 1 saturated heterocycles. The van der Waals surface area contributed by atoms with Crippen molar-refractivity contribution in [2.45, 2.75) is 18.9 Å². The van der Waals surface area contributed by atoms with Crippen LogP contribution in [0.5, 0.6) is 0 Å². The van der Waals surface area contributed by atoms with Crippen molar-refractivity contribution in [1.29, 1.82) is 0 Å². The normalized spacial score (nSPS) is 21.4. The molecule has 0 spiro atoms. The Morgan fingerprint density at radius 3 is 3.06 bits per heavy atom. The van der Waals surface area contributed by atoms with Crippen LogP contribution >= 0.6 is 0 Å². The predicted octanol–water partition coefficient (Wildman–Crippen LogP) is 1.03. The Labute approximate surface area is 93.5 Å². The van der Waals surface area contributed by atoms with Crippen LogP contribution in [-0.2, 0) is 0 Å². The fourth-order valence-corrected chi connectivity index (χ4v) is 2.39. The standard InChI is InChI=1S/C12H15N3O/c16-12-14-7-2-1-4-11(14)9-15(12)10-5-3-6-13-8-10/h1-2,4,7,9-10,13H,3,5-6,8H2. The number of rotatable bonds is 1. The van der Waals surface area contributed by atoms with Crippen LogP contribution in [0.4, 0.5) is 0 Å². The fraction of sp³-hybridized carbons (Fsp3) is 0.417. The van der Waals surface area contributed by atoms with Crippen LogP contribution in [0, 0.1) is 0 Å². The molecule has 4 heteroatoms. The Bertz CT molecular complexity index is 549. The average Bonchev–Trinajstić information content (AvgIpc) is 2.69. The maximum atomic E-state index is 12.1. The summed E-state index contributed by atoms with van der Waals surface area (Å²) < 4.78 is 3.57. The molecule has 0 aromatic carbocycles. The maximum Gasteiger partial charge on any atom is 0.333 e. The molecule has 0 saturated carbocycles. The SMILES string of the molecule is O=c1n(C2CCCNC2)cc2ccccn12. The lowest BCUT2D eigenvalue weighted by Gasteiger charge is -2.22. The van der Waals surface area contributed by atoms with Gasteiger partial charge in [0.05, 0.1) is 11.6 Å². The molecule has 3 heterocycles. The van der Waals surface area contributed by atoms with Gasteiger partial charge in [-0.05, 0) is 31.5 Å². The van der Waals surface area contributed by atoms with E-state index in [0.29, 0.717) is 6.04 Å². The molecule has 4 nitrogen and oxygen atoms in total. The summed E-state index contributed by atoms with van der Waals surface area (Å²) in [5, 5.41) is 3.34. The minimum atomic E-state index is 0.0734. The average molecular weight is 217 g/mol. The Hall–Kier alpha value is -1.55. The van der Waals surface area contributed by atoms with Gasteiger partial charge in [0.1, 0.15) is 0 Å². The van der Waals surface area contributed by atoms with E-state index in [1.165, 1.54) is 0 Å². The zero-order chi connectivity index (χ0) is 11.0. The van der Waals surface area contributed by atoms with E-state index in [1.807, 2.05) is 35.2 Å². The van der Waals surface area contributed by atoms with Crippen LogP contribution < -0.4 is 11.0 Å². The minimum absolute atomic E-state index is 0.0734. The second-order valence-electron chi connectivity index (χ2n) is 4.31. The molecule has 2 aromatic rings. The molecule has 0 amide bonds. The van der Waals surface area contributed by atoms with Crippen LogP contribution in [0.15, 0.2) is 35.4 Å². The number of aromatic nitrogens is 2. The van der Waals surface area contributed by atoms with E-state index in [2.05, 4.69) is 5.32 Å². The van der Waals surface area contributed by atoms with Gasteiger partial charge in [-0.1, -0.05) is 6.07 Å². The number of pyridine rings is 1. The van der Waals surface area contributed by atoms with Crippen molar-refractivity contribution in [3.05, 3.63) is 41.1 Å². The monoisotopic (exact) mass is 217 g/mol. The van der Waals surface area contributed by atoms with Gasteiger partial charge in [-0.25, -0.2) is 4.79 Å². The highest BCUT2D eigenvalue weighted by Crippen LogP contribution is 2.15. The van der Waals surface area contributed by atoms with Crippen LogP contribution in [0.2, 0.25) is 0 Å². The van der Waals surface area contributed by atoms with Crippen molar-refractivity contribution in [3.8, 4) is 0 Å². The van der Waals surface area contributed by atoms with E-state index in [9.17, 15) is 4.79 Å². The van der Waals surface area contributed by atoms with Crippen molar-refractivity contribution in [3.63, 3.8) is 0 Å². The first-order chi connectivity index (χ1) is 7.86. The molecule has 1 unspecified atom stereocenters. The van der Waals surface area contributed by atoms with E-state index in [-0.39, 0.29) is 5.69 Å². The molecule has 3 rings (SSSR count). The molecule has 1 N–H and O–H groups in total. The molecule has 0 bridgehead atoms. The smallest absolute Gasteiger partial charge is 0.315 e. The van der Waals surface area contributed by atoms with Crippen LogP contribution in [0.1, 0.15) is 18.9 Å². The van der Waals surface area contributed by atoms with Crippen LogP contribution in [0.25, 0.3) is 5.52 Å². The molecule has 1 aliphatic rings. The Balaban J connectivity index is 2.09. The number of piperidine rings is 1. The van der Waals surface area contributed by atoms with Gasteiger partial charge in [0.2, 0.25) is 0 Å². The third kappa shape index (κ3) is 1.46. The van der Waals surface area contributed by atoms with Crippen molar-refractivity contribution in [2.75, 3.05) is 13.1 Å². The largest absolute Gasteiger partial charge is 0.333 e. The summed E-state index contributed by atoms with van der Waals surface area (Å²) in [5.41, 5.74) is 1.04. The highest BCUT2D eigenvalue weighted by atomic mass is 16.1. The molecule has 0 aliphatic carbocycles. The van der Waals surface area contributed by atoms with Gasteiger partial charge in [0.15, 0.2) is 0 Å². The quantitative estimate of drug-likeness (QED) is 0.774. The lowest BCUT2D eigenvalue weighted by molar-refractivity contribution is 0.364. The zero-order valence-corrected chi connectivity index (χ0v) is 9.10. The Morgan fingerprint density at radius 2 is 2.31 bits per heavy atom. The molecule has 84 valence electrons. The molecule has 2 aromatic heterocycles. The molecule has 1 fully saturated rings. The maximum absolute atomic E-state index is 12.1. The number of hydrogen-bond donors (Lipinski definition) is 1. The minimum Gasteiger partial charge on any atom is -0.315 e. The highest BCUT2D eigenvalue weighted by molar-refractivity contribution is 5.44. The van der Waals surface area contributed by atoms with Crippen molar-refractivity contribution < 1.29 is 0 Å². The summed E-state index contributed by atoms with van der Waals surface area (Å²) in [7, 11) is 0. The van der Waals surface area contributed by atoms with Gasteiger partial charge >= 0.3 is 5.69 Å². The van der Waals surface area contributed by atoms with Gasteiger partial charge in [0.25, 0.3) is 0 Å². The first-order valence-electron chi connectivity index (χ1n) is 5.75. The summed E-state index contributed by atoms with van der Waals surface area (Å²) >= 11 is 0. The van der Waals surface area contributed by atoms with Crippen molar-refractivity contribution >= 4 is 5.52 Å². The third-order valence-electron chi connectivity index (χ3n) is 3.25. The van der Waals surface area contributed by atoms with Gasteiger partial charge in [0, 0.05) is 18.9 Å². The summed E-state index contributed by atoms with van der Waals surface area (Å²) in [5.74, 6) is 0. The molecule has 1 aliphatic heterocycles. The van der Waals surface area contributed by atoms with Crippen molar-refractivity contribution in [2.24, 2.45) is 0 Å². The summed E-state index contributed by atoms with van der Waals surface area (Å²) in [4.78, 5) is 12.1. The van der Waals surface area contributed by atoms with Gasteiger partial charge in [-0.2, -0.15) is 0 Å². The highest BCUT2D eigenvalue weighted by Gasteiger charge is 2.17. The van der Waals surface area contributed by atoms with E-state index in [0.717, 1.165) is 31.4 Å². The van der Waals surface area contributed by atoms with Crippen molar-refractivity contribution in [1.82, 2.24) is 14.3 Å². The van der Waals surface area contributed by atoms with E-state index >= 15 is 0 Å². The topological polar surface area (TPSA) is 38.4 Å². The zero-order valence-electron chi connectivity index (χ0n) is 9.10. The number of nitrogens with zero attached hydrogens (tertiary/aromatic N) is 2. The lowest BCUT2D eigenvalue weighted by Crippen LogP contribution is -2.35. The number of imidazole rings is 1. The Morgan fingerprint density at radius 1 is 1.38 bits per heavy atom. The first kappa shape index (κ1) is 9.66.